The Bertz CT molecular complexity index is 1110. The van der Waals surface area contributed by atoms with Gasteiger partial charge in [0.2, 0.25) is 10.0 Å². The molecule has 1 saturated heterocycles. The van der Waals surface area contributed by atoms with Gasteiger partial charge in [0.1, 0.15) is 12.0 Å². The van der Waals surface area contributed by atoms with E-state index in [2.05, 4.69) is 4.98 Å². The second-order valence-electron chi connectivity index (χ2n) is 7.61. The fourth-order valence-corrected chi connectivity index (χ4v) is 4.63. The first-order valence-electron chi connectivity index (χ1n) is 9.71. The molecule has 166 valence electrons. The van der Waals surface area contributed by atoms with E-state index in [4.69, 9.17) is 0 Å². The van der Waals surface area contributed by atoms with Crippen molar-refractivity contribution in [2.75, 3.05) is 45.2 Å². The van der Waals surface area contributed by atoms with Crippen LogP contribution in [0, 0.1) is 24.0 Å². The average molecular weight is 448 g/mol. The molecule has 0 spiro atoms. The number of hydrogen-bond donors (Lipinski definition) is 0. The fourth-order valence-electron chi connectivity index (χ4n) is 3.41. The number of anilines is 1. The average Bonchev–Trinajstić information content (AvgIpc) is 2.75. The summed E-state index contributed by atoms with van der Waals surface area (Å²) in [4.78, 5) is 31.3. The molecule has 0 radical (unpaired) electrons. The molecule has 1 aliphatic heterocycles. The summed E-state index contributed by atoms with van der Waals surface area (Å²) in [7, 11) is -0.748. The van der Waals surface area contributed by atoms with E-state index in [1.165, 1.54) is 32.4 Å². The van der Waals surface area contributed by atoms with Crippen LogP contribution >= 0.6 is 0 Å². The highest BCUT2D eigenvalue weighted by molar-refractivity contribution is 7.89. The van der Waals surface area contributed by atoms with E-state index in [0.29, 0.717) is 43.1 Å². The molecule has 0 bridgehead atoms. The van der Waals surface area contributed by atoms with Gasteiger partial charge in [-0.2, -0.15) is 0 Å². The Balaban J connectivity index is 1.76. The number of sulfonamides is 1. The van der Waals surface area contributed by atoms with Crippen LogP contribution in [0.5, 0.6) is 0 Å². The molecule has 1 amide bonds. The molecule has 1 aliphatic rings. The number of benzene rings is 1. The monoisotopic (exact) mass is 447 g/mol. The smallest absolute Gasteiger partial charge is 0.287 e. The Hall–Kier alpha value is -3.05. The lowest BCUT2D eigenvalue weighted by Crippen LogP contribution is -2.49. The lowest BCUT2D eigenvalue weighted by Gasteiger charge is -2.35. The van der Waals surface area contributed by atoms with Crippen molar-refractivity contribution in [3.63, 3.8) is 0 Å². The van der Waals surface area contributed by atoms with Gasteiger partial charge < -0.3 is 9.80 Å². The van der Waals surface area contributed by atoms with Crippen LogP contribution in [0.4, 0.5) is 11.5 Å². The van der Waals surface area contributed by atoms with Crippen LogP contribution in [0.1, 0.15) is 21.5 Å². The molecular weight excluding hydrogens is 422 g/mol. The molecule has 1 aromatic carbocycles. The van der Waals surface area contributed by atoms with Crippen LogP contribution in [0.25, 0.3) is 0 Å². The zero-order valence-electron chi connectivity index (χ0n) is 17.9. The van der Waals surface area contributed by atoms with Crippen molar-refractivity contribution in [1.29, 1.82) is 0 Å². The van der Waals surface area contributed by atoms with Crippen LogP contribution in [-0.4, -0.2) is 73.7 Å². The molecule has 0 saturated carbocycles. The van der Waals surface area contributed by atoms with E-state index in [1.54, 1.807) is 30.9 Å². The highest BCUT2D eigenvalue weighted by Gasteiger charge is 2.27. The van der Waals surface area contributed by atoms with Gasteiger partial charge in [-0.3, -0.25) is 14.9 Å². The normalized spacial score (nSPS) is 14.7. The second-order valence-corrected chi connectivity index (χ2v) is 9.73. The van der Waals surface area contributed by atoms with Crippen molar-refractivity contribution in [2.24, 2.45) is 0 Å². The molecule has 0 atom stereocenters. The maximum absolute atomic E-state index is 13.1. The number of amides is 1. The summed E-state index contributed by atoms with van der Waals surface area (Å²) in [6.45, 7) is 5.42. The summed E-state index contributed by atoms with van der Waals surface area (Å²) < 4.78 is 26.5. The topological polar surface area (TPSA) is 117 Å². The first-order chi connectivity index (χ1) is 14.5. The van der Waals surface area contributed by atoms with Crippen LogP contribution in [0.3, 0.4) is 0 Å². The maximum Gasteiger partial charge on any atom is 0.287 e. The van der Waals surface area contributed by atoms with E-state index < -0.39 is 14.9 Å². The summed E-state index contributed by atoms with van der Waals surface area (Å²) in [5.74, 6) is 0.387. The first kappa shape index (κ1) is 22.6. The van der Waals surface area contributed by atoms with Gasteiger partial charge in [0.05, 0.1) is 9.82 Å². The number of nitrogens with zero attached hydrogens (tertiary/aromatic N) is 5. The van der Waals surface area contributed by atoms with E-state index in [1.807, 2.05) is 4.90 Å². The predicted molar refractivity (Wildman–Crippen MR) is 116 cm³/mol. The van der Waals surface area contributed by atoms with E-state index in [9.17, 15) is 23.3 Å². The third-order valence-electron chi connectivity index (χ3n) is 5.46. The molecule has 31 heavy (non-hydrogen) atoms. The predicted octanol–water partition coefficient (Wildman–Crippen LogP) is 1.82. The van der Waals surface area contributed by atoms with Crippen LogP contribution < -0.4 is 4.90 Å². The summed E-state index contributed by atoms with van der Waals surface area (Å²) in [6, 6.07) is 6.17. The number of piperazine rings is 1. The highest BCUT2D eigenvalue weighted by Crippen LogP contribution is 2.25. The number of rotatable bonds is 5. The molecule has 11 heteroatoms. The third kappa shape index (κ3) is 4.52. The Morgan fingerprint density at radius 3 is 2.29 bits per heavy atom. The Labute approximate surface area is 181 Å². The Morgan fingerprint density at radius 2 is 1.77 bits per heavy atom. The molecule has 0 unspecified atom stereocenters. The van der Waals surface area contributed by atoms with Gasteiger partial charge in [-0.15, -0.1) is 0 Å². The number of hydrogen-bond acceptors (Lipinski definition) is 7. The van der Waals surface area contributed by atoms with Gasteiger partial charge in [0, 0.05) is 51.9 Å². The van der Waals surface area contributed by atoms with Gasteiger partial charge in [-0.25, -0.2) is 17.7 Å². The lowest BCUT2D eigenvalue weighted by atomic mass is 10.0. The fraction of sp³-hybridized carbons (Fsp3) is 0.400. The van der Waals surface area contributed by atoms with Crippen molar-refractivity contribution in [3.8, 4) is 0 Å². The summed E-state index contributed by atoms with van der Waals surface area (Å²) >= 11 is 0. The zero-order chi connectivity index (χ0) is 22.9. The van der Waals surface area contributed by atoms with Crippen molar-refractivity contribution in [3.05, 3.63) is 57.3 Å². The number of aryl methyl sites for hydroxylation is 1. The minimum atomic E-state index is -3.67. The summed E-state index contributed by atoms with van der Waals surface area (Å²) in [5.41, 5.74) is 1.63. The van der Waals surface area contributed by atoms with Gasteiger partial charge in [0.15, 0.2) is 0 Å². The van der Waals surface area contributed by atoms with Crippen molar-refractivity contribution < 1.29 is 18.1 Å². The second kappa shape index (κ2) is 8.60. The van der Waals surface area contributed by atoms with Crippen molar-refractivity contribution in [2.45, 2.75) is 18.7 Å². The molecule has 1 aromatic heterocycles. The Kier molecular flexibility index (Phi) is 6.27. The van der Waals surface area contributed by atoms with Crippen LogP contribution in [-0.2, 0) is 10.0 Å². The molecule has 1 fully saturated rings. The van der Waals surface area contributed by atoms with E-state index in [0.717, 1.165) is 9.87 Å². The number of aromatic nitrogens is 1. The molecule has 3 rings (SSSR count). The van der Waals surface area contributed by atoms with Crippen LogP contribution in [0.2, 0.25) is 0 Å². The SMILES string of the molecule is Cc1cc(C(=O)N2CCN(c3ccc([N+](=O)[O-])cn3)CC2)cc(S(=O)(=O)N(C)C)c1C. The summed E-state index contributed by atoms with van der Waals surface area (Å²) in [6.07, 6.45) is 1.22. The zero-order valence-corrected chi connectivity index (χ0v) is 18.7. The quantitative estimate of drug-likeness (QED) is 0.507. The minimum absolute atomic E-state index is 0.0733. The standard InChI is InChI=1S/C20H25N5O5S/c1-14-11-16(12-18(15(14)2)31(29,30)22(3)4)20(26)24-9-7-23(8-10-24)19-6-5-17(13-21-19)25(27)28/h5-6,11-13H,7-10H2,1-4H3. The van der Waals surface area contributed by atoms with Gasteiger partial charge in [0.25, 0.3) is 11.6 Å². The van der Waals surface area contributed by atoms with Crippen molar-refractivity contribution in [1.82, 2.24) is 14.2 Å². The molecular formula is C20H25N5O5S. The molecule has 10 nitrogen and oxygen atoms in total. The van der Waals surface area contributed by atoms with E-state index >= 15 is 0 Å². The number of nitro groups is 1. The van der Waals surface area contributed by atoms with E-state index in [-0.39, 0.29) is 16.5 Å². The Morgan fingerprint density at radius 1 is 1.13 bits per heavy atom. The summed E-state index contributed by atoms with van der Waals surface area (Å²) in [5, 5.41) is 10.8. The van der Waals surface area contributed by atoms with Gasteiger partial charge >= 0.3 is 0 Å². The van der Waals surface area contributed by atoms with Crippen LogP contribution in [0.15, 0.2) is 35.4 Å². The third-order valence-corrected chi connectivity index (χ3v) is 7.40. The molecule has 0 N–H and O–H groups in total. The minimum Gasteiger partial charge on any atom is -0.353 e. The largest absolute Gasteiger partial charge is 0.353 e. The van der Waals surface area contributed by atoms with Gasteiger partial charge in [-0.05, 0) is 43.2 Å². The number of carbonyl (C=O) groups is 1. The maximum atomic E-state index is 13.1. The number of pyridine rings is 1. The first-order valence-corrected chi connectivity index (χ1v) is 11.1. The highest BCUT2D eigenvalue weighted by atomic mass is 32.2. The molecule has 2 aromatic rings. The number of carbonyl (C=O) groups excluding carboxylic acids is 1. The lowest BCUT2D eigenvalue weighted by molar-refractivity contribution is -0.385. The van der Waals surface area contributed by atoms with Crippen molar-refractivity contribution >= 4 is 27.4 Å². The molecule has 2 heterocycles. The van der Waals surface area contributed by atoms with Gasteiger partial charge in [-0.1, -0.05) is 0 Å². The molecule has 0 aliphatic carbocycles.